The molecular formula is C20H30N4O3. The van der Waals surface area contributed by atoms with Gasteiger partial charge in [0.15, 0.2) is 0 Å². The van der Waals surface area contributed by atoms with Crippen LogP contribution in [0, 0.1) is 0 Å². The molecule has 2 heterocycles. The predicted octanol–water partition coefficient (Wildman–Crippen LogP) is 1.32. The maximum absolute atomic E-state index is 12.6. The van der Waals surface area contributed by atoms with Gasteiger partial charge in [-0.1, -0.05) is 30.3 Å². The molecule has 0 bridgehead atoms. The van der Waals surface area contributed by atoms with Crippen molar-refractivity contribution in [3.05, 3.63) is 35.9 Å². The van der Waals surface area contributed by atoms with Gasteiger partial charge in [-0.05, 0) is 19.4 Å². The molecule has 0 aliphatic carbocycles. The lowest BCUT2D eigenvalue weighted by molar-refractivity contribution is -0.127. The van der Waals surface area contributed by atoms with Gasteiger partial charge in [0.2, 0.25) is 5.91 Å². The molecule has 2 atom stereocenters. The standard InChI is InChI=1S/C20H30N4O3/c1-16(18-6-4-3-5-7-18)21-19(25)17(2)22-8-10-23(11-9-22)20(26)24-12-14-27-15-13-24/h3-7,16-17H,8-15H2,1-2H3,(H,21,25). The molecule has 7 nitrogen and oxygen atoms in total. The lowest BCUT2D eigenvalue weighted by Crippen LogP contribution is -2.58. The minimum Gasteiger partial charge on any atom is -0.378 e. The minimum absolute atomic E-state index is 0.0228. The SMILES string of the molecule is CC(NC(=O)C(C)N1CCN(C(=O)N2CCOCC2)CC1)c1ccccc1. The summed E-state index contributed by atoms with van der Waals surface area (Å²) in [6.45, 7) is 9.22. The topological polar surface area (TPSA) is 65.1 Å². The number of amides is 3. The zero-order chi connectivity index (χ0) is 19.2. The van der Waals surface area contributed by atoms with E-state index in [2.05, 4.69) is 10.2 Å². The normalized spacial score (nSPS) is 20.8. The Morgan fingerprint density at radius 1 is 0.926 bits per heavy atom. The molecule has 27 heavy (non-hydrogen) atoms. The van der Waals surface area contributed by atoms with Crippen LogP contribution in [0.5, 0.6) is 0 Å². The summed E-state index contributed by atoms with van der Waals surface area (Å²) >= 11 is 0. The number of rotatable bonds is 4. The van der Waals surface area contributed by atoms with E-state index in [0.717, 1.165) is 5.56 Å². The molecule has 0 aromatic heterocycles. The van der Waals surface area contributed by atoms with Gasteiger partial charge in [0.05, 0.1) is 25.3 Å². The molecule has 1 aromatic carbocycles. The van der Waals surface area contributed by atoms with Crippen molar-refractivity contribution in [1.29, 1.82) is 0 Å². The van der Waals surface area contributed by atoms with Crippen LogP contribution >= 0.6 is 0 Å². The smallest absolute Gasteiger partial charge is 0.320 e. The summed E-state index contributed by atoms with van der Waals surface area (Å²) in [5, 5.41) is 3.10. The second-order valence-corrected chi connectivity index (χ2v) is 7.22. The summed E-state index contributed by atoms with van der Waals surface area (Å²) in [7, 11) is 0. The van der Waals surface area contributed by atoms with E-state index in [-0.39, 0.29) is 24.0 Å². The van der Waals surface area contributed by atoms with Gasteiger partial charge in [-0.25, -0.2) is 4.79 Å². The number of hydrogen-bond acceptors (Lipinski definition) is 4. The Bertz CT molecular complexity index is 625. The molecule has 0 saturated carbocycles. The van der Waals surface area contributed by atoms with Crippen molar-refractivity contribution in [2.45, 2.75) is 25.9 Å². The van der Waals surface area contributed by atoms with E-state index < -0.39 is 0 Å². The van der Waals surface area contributed by atoms with Crippen LogP contribution in [0.25, 0.3) is 0 Å². The van der Waals surface area contributed by atoms with Gasteiger partial charge in [0, 0.05) is 39.3 Å². The van der Waals surface area contributed by atoms with E-state index >= 15 is 0 Å². The van der Waals surface area contributed by atoms with Gasteiger partial charge in [-0.15, -0.1) is 0 Å². The highest BCUT2D eigenvalue weighted by Crippen LogP contribution is 2.14. The zero-order valence-corrected chi connectivity index (χ0v) is 16.3. The third kappa shape index (κ3) is 4.99. The number of morpholine rings is 1. The monoisotopic (exact) mass is 374 g/mol. The fourth-order valence-electron chi connectivity index (χ4n) is 3.58. The fourth-order valence-corrected chi connectivity index (χ4v) is 3.58. The highest BCUT2D eigenvalue weighted by atomic mass is 16.5. The van der Waals surface area contributed by atoms with Crippen LogP contribution in [0.1, 0.15) is 25.5 Å². The van der Waals surface area contributed by atoms with E-state index in [1.807, 2.05) is 54.0 Å². The van der Waals surface area contributed by atoms with Crippen LogP contribution in [0.3, 0.4) is 0 Å². The first kappa shape index (κ1) is 19.6. The molecule has 3 amide bonds. The number of benzene rings is 1. The molecule has 2 saturated heterocycles. The van der Waals surface area contributed by atoms with Gasteiger partial charge in [0.1, 0.15) is 0 Å². The number of ether oxygens (including phenoxy) is 1. The molecule has 148 valence electrons. The summed E-state index contributed by atoms with van der Waals surface area (Å²) in [5.74, 6) is 0.0271. The molecule has 2 unspecified atom stereocenters. The molecule has 0 spiro atoms. The van der Waals surface area contributed by atoms with Gasteiger partial charge >= 0.3 is 6.03 Å². The van der Waals surface area contributed by atoms with Crippen molar-refractivity contribution < 1.29 is 14.3 Å². The maximum Gasteiger partial charge on any atom is 0.320 e. The van der Waals surface area contributed by atoms with Crippen LogP contribution < -0.4 is 5.32 Å². The predicted molar refractivity (Wildman–Crippen MR) is 103 cm³/mol. The van der Waals surface area contributed by atoms with E-state index in [1.165, 1.54) is 0 Å². The highest BCUT2D eigenvalue weighted by molar-refractivity contribution is 5.81. The Morgan fingerprint density at radius 3 is 2.15 bits per heavy atom. The second-order valence-electron chi connectivity index (χ2n) is 7.22. The maximum atomic E-state index is 12.6. The summed E-state index contributed by atoms with van der Waals surface area (Å²) < 4.78 is 5.31. The van der Waals surface area contributed by atoms with Crippen molar-refractivity contribution in [1.82, 2.24) is 20.0 Å². The van der Waals surface area contributed by atoms with Crippen LogP contribution in [0.2, 0.25) is 0 Å². The average molecular weight is 374 g/mol. The largest absolute Gasteiger partial charge is 0.378 e. The van der Waals surface area contributed by atoms with Crippen molar-refractivity contribution in [2.24, 2.45) is 0 Å². The lowest BCUT2D eigenvalue weighted by atomic mass is 10.1. The number of carbonyl (C=O) groups excluding carboxylic acids is 2. The quantitative estimate of drug-likeness (QED) is 0.863. The number of nitrogens with one attached hydrogen (secondary N) is 1. The van der Waals surface area contributed by atoms with Crippen molar-refractivity contribution >= 4 is 11.9 Å². The summed E-state index contributed by atoms with van der Waals surface area (Å²) in [4.78, 5) is 31.1. The first-order chi connectivity index (χ1) is 13.1. The Labute approximate surface area is 161 Å². The van der Waals surface area contributed by atoms with E-state index in [0.29, 0.717) is 52.5 Å². The average Bonchev–Trinajstić information content (AvgIpc) is 2.74. The molecule has 1 N–H and O–H groups in total. The molecule has 7 heteroatoms. The number of hydrogen-bond donors (Lipinski definition) is 1. The number of carbonyl (C=O) groups is 2. The third-order valence-corrected chi connectivity index (χ3v) is 5.45. The third-order valence-electron chi connectivity index (χ3n) is 5.45. The second kappa shape index (κ2) is 9.19. The van der Waals surface area contributed by atoms with E-state index in [1.54, 1.807) is 0 Å². The van der Waals surface area contributed by atoms with Crippen LogP contribution in [-0.4, -0.2) is 85.2 Å². The van der Waals surface area contributed by atoms with Gasteiger partial charge < -0.3 is 19.9 Å². The molecule has 2 fully saturated rings. The van der Waals surface area contributed by atoms with Crippen molar-refractivity contribution in [2.75, 3.05) is 52.5 Å². The zero-order valence-electron chi connectivity index (χ0n) is 16.3. The van der Waals surface area contributed by atoms with Crippen molar-refractivity contribution in [3.8, 4) is 0 Å². The van der Waals surface area contributed by atoms with Crippen molar-refractivity contribution in [3.63, 3.8) is 0 Å². The summed E-state index contributed by atoms with van der Waals surface area (Å²) in [6, 6.07) is 9.82. The molecular weight excluding hydrogens is 344 g/mol. The fraction of sp³-hybridized carbons (Fsp3) is 0.600. The van der Waals surface area contributed by atoms with Crippen LogP contribution in [-0.2, 0) is 9.53 Å². The van der Waals surface area contributed by atoms with Crippen LogP contribution in [0.15, 0.2) is 30.3 Å². The Kier molecular flexibility index (Phi) is 6.68. The van der Waals surface area contributed by atoms with Gasteiger partial charge in [-0.2, -0.15) is 0 Å². The highest BCUT2D eigenvalue weighted by Gasteiger charge is 2.30. The van der Waals surface area contributed by atoms with E-state index in [4.69, 9.17) is 4.74 Å². The Hall–Kier alpha value is -2.12. The first-order valence-corrected chi connectivity index (χ1v) is 9.77. The molecule has 1 aromatic rings. The first-order valence-electron chi connectivity index (χ1n) is 9.77. The number of urea groups is 1. The van der Waals surface area contributed by atoms with Crippen LogP contribution in [0.4, 0.5) is 4.79 Å². The Morgan fingerprint density at radius 2 is 1.52 bits per heavy atom. The molecule has 3 rings (SSSR count). The van der Waals surface area contributed by atoms with E-state index in [9.17, 15) is 9.59 Å². The summed E-state index contributed by atoms with van der Waals surface area (Å²) in [6.07, 6.45) is 0. The minimum atomic E-state index is -0.211. The number of nitrogens with zero attached hydrogens (tertiary/aromatic N) is 3. The lowest BCUT2D eigenvalue weighted by Gasteiger charge is -2.40. The van der Waals surface area contributed by atoms with Gasteiger partial charge in [-0.3, -0.25) is 9.69 Å². The molecule has 0 radical (unpaired) electrons. The number of piperazine rings is 1. The Balaban J connectivity index is 1.46. The summed E-state index contributed by atoms with van der Waals surface area (Å²) in [5.41, 5.74) is 1.10. The molecule has 2 aliphatic rings. The van der Waals surface area contributed by atoms with Gasteiger partial charge in [0.25, 0.3) is 0 Å². The molecule has 2 aliphatic heterocycles.